The molecule has 1 unspecified atom stereocenters. The van der Waals surface area contributed by atoms with Crippen LogP contribution in [-0.2, 0) is 20.7 Å². The van der Waals surface area contributed by atoms with Crippen LogP contribution in [0.3, 0.4) is 0 Å². The van der Waals surface area contributed by atoms with Gasteiger partial charge in [-0.1, -0.05) is 17.7 Å². The summed E-state index contributed by atoms with van der Waals surface area (Å²) >= 11 is 5.82. The molecule has 0 aliphatic rings. The number of esters is 1. The number of ether oxygens (including phenoxy) is 1. The number of benzene rings is 1. The van der Waals surface area contributed by atoms with Gasteiger partial charge >= 0.3 is 11.9 Å². The number of nitro benzene ring substituents is 1. The normalized spacial score (nSPS) is 11.7. The number of non-ortho nitro benzene ring substituents is 1. The molecule has 0 fully saturated rings. The Hall–Kier alpha value is -2.15. The zero-order valence-electron chi connectivity index (χ0n) is 9.83. The summed E-state index contributed by atoms with van der Waals surface area (Å²) in [4.78, 5) is 32.1. The van der Waals surface area contributed by atoms with Gasteiger partial charge in [0.2, 0.25) is 0 Å². The van der Waals surface area contributed by atoms with Gasteiger partial charge in [-0.05, 0) is 12.0 Å². The maximum absolute atomic E-state index is 11.3. The smallest absolute Gasteiger partial charge is 0.320 e. The Labute approximate surface area is 112 Å². The summed E-state index contributed by atoms with van der Waals surface area (Å²) in [7, 11) is 1.08. The molecule has 1 aromatic rings. The molecule has 7 nitrogen and oxygen atoms in total. The summed E-state index contributed by atoms with van der Waals surface area (Å²) < 4.78 is 4.38. The first kappa shape index (κ1) is 14.9. The second kappa shape index (κ2) is 6.14. The standard InChI is InChI=1S/C11H10ClNO6/c1-19-11(16)8(10(14)15)4-6-2-3-7(13(17)18)5-9(6)12/h2-3,5,8H,4H2,1H3,(H,14,15). The molecule has 0 saturated heterocycles. The van der Waals surface area contributed by atoms with Gasteiger partial charge in [0.25, 0.3) is 5.69 Å². The molecule has 0 aromatic heterocycles. The van der Waals surface area contributed by atoms with Gasteiger partial charge in [0.15, 0.2) is 5.92 Å². The Morgan fingerprint density at radius 2 is 2.16 bits per heavy atom. The Bertz CT molecular complexity index is 530. The number of rotatable bonds is 5. The van der Waals surface area contributed by atoms with E-state index in [4.69, 9.17) is 16.7 Å². The number of aliphatic carboxylic acids is 1. The van der Waals surface area contributed by atoms with E-state index in [2.05, 4.69) is 4.74 Å². The van der Waals surface area contributed by atoms with Crippen molar-refractivity contribution < 1.29 is 24.4 Å². The summed E-state index contributed by atoms with van der Waals surface area (Å²) in [5, 5.41) is 19.5. The van der Waals surface area contributed by atoms with Gasteiger partial charge in [0, 0.05) is 12.1 Å². The molecule has 1 aromatic carbocycles. The highest BCUT2D eigenvalue weighted by Gasteiger charge is 2.28. The highest BCUT2D eigenvalue weighted by atomic mass is 35.5. The van der Waals surface area contributed by atoms with E-state index in [1.54, 1.807) is 0 Å². The highest BCUT2D eigenvalue weighted by molar-refractivity contribution is 6.31. The first-order valence-corrected chi connectivity index (χ1v) is 5.48. The van der Waals surface area contributed by atoms with Crippen molar-refractivity contribution >= 4 is 29.2 Å². The molecular formula is C11H10ClNO6. The minimum absolute atomic E-state index is 0.0318. The molecule has 0 aliphatic carbocycles. The van der Waals surface area contributed by atoms with Crippen LogP contribution in [0.25, 0.3) is 0 Å². The third-order valence-electron chi connectivity index (χ3n) is 2.46. The summed E-state index contributed by atoms with van der Waals surface area (Å²) in [6, 6.07) is 3.61. The lowest BCUT2D eigenvalue weighted by Crippen LogP contribution is -2.27. The average Bonchev–Trinajstić information content (AvgIpc) is 2.35. The van der Waals surface area contributed by atoms with Crippen molar-refractivity contribution in [3.63, 3.8) is 0 Å². The van der Waals surface area contributed by atoms with Crippen LogP contribution < -0.4 is 0 Å². The Kier molecular flexibility index (Phi) is 4.82. The molecule has 0 aliphatic heterocycles. The molecule has 0 radical (unpaired) electrons. The second-order valence-corrected chi connectivity index (χ2v) is 4.06. The molecule has 19 heavy (non-hydrogen) atoms. The topological polar surface area (TPSA) is 107 Å². The number of carboxylic acids is 1. The third-order valence-corrected chi connectivity index (χ3v) is 2.81. The minimum Gasteiger partial charge on any atom is -0.481 e. The van der Waals surface area contributed by atoms with Gasteiger partial charge in [-0.3, -0.25) is 19.7 Å². The lowest BCUT2D eigenvalue weighted by molar-refractivity contribution is -0.384. The van der Waals surface area contributed by atoms with Gasteiger partial charge in [0.05, 0.1) is 17.1 Å². The van der Waals surface area contributed by atoms with Crippen molar-refractivity contribution in [1.82, 2.24) is 0 Å². The lowest BCUT2D eigenvalue weighted by Gasteiger charge is -2.11. The van der Waals surface area contributed by atoms with Crippen LogP contribution in [0.5, 0.6) is 0 Å². The maximum atomic E-state index is 11.3. The Balaban J connectivity index is 3.01. The van der Waals surface area contributed by atoms with Crippen LogP contribution in [0, 0.1) is 16.0 Å². The highest BCUT2D eigenvalue weighted by Crippen LogP contribution is 2.25. The summed E-state index contributed by atoms with van der Waals surface area (Å²) in [6.45, 7) is 0. The van der Waals surface area contributed by atoms with E-state index in [0.29, 0.717) is 5.56 Å². The van der Waals surface area contributed by atoms with Crippen molar-refractivity contribution in [2.75, 3.05) is 7.11 Å². The molecule has 0 bridgehead atoms. The summed E-state index contributed by atoms with van der Waals surface area (Å²) in [5.41, 5.74) is 0.115. The van der Waals surface area contributed by atoms with Crippen LogP contribution in [0.4, 0.5) is 5.69 Å². The van der Waals surface area contributed by atoms with Crippen molar-refractivity contribution in [2.24, 2.45) is 5.92 Å². The van der Waals surface area contributed by atoms with Gasteiger partial charge in [-0.2, -0.15) is 0 Å². The largest absolute Gasteiger partial charge is 0.481 e. The van der Waals surface area contributed by atoms with E-state index >= 15 is 0 Å². The minimum atomic E-state index is -1.40. The van der Waals surface area contributed by atoms with E-state index in [1.165, 1.54) is 12.1 Å². The van der Waals surface area contributed by atoms with Gasteiger partial charge in [-0.25, -0.2) is 0 Å². The van der Waals surface area contributed by atoms with Crippen molar-refractivity contribution in [3.8, 4) is 0 Å². The molecule has 1 rings (SSSR count). The van der Waals surface area contributed by atoms with Crippen LogP contribution in [0.2, 0.25) is 5.02 Å². The molecule has 0 saturated carbocycles. The fourth-order valence-corrected chi connectivity index (χ4v) is 1.70. The maximum Gasteiger partial charge on any atom is 0.320 e. The number of methoxy groups -OCH3 is 1. The van der Waals surface area contributed by atoms with Crippen LogP contribution in [0.15, 0.2) is 18.2 Å². The van der Waals surface area contributed by atoms with Gasteiger partial charge in [0.1, 0.15) is 0 Å². The molecular weight excluding hydrogens is 278 g/mol. The number of hydrogen-bond donors (Lipinski definition) is 1. The molecule has 8 heteroatoms. The Morgan fingerprint density at radius 3 is 2.58 bits per heavy atom. The average molecular weight is 288 g/mol. The van der Waals surface area contributed by atoms with E-state index in [0.717, 1.165) is 13.2 Å². The van der Waals surface area contributed by atoms with E-state index in [-0.39, 0.29) is 17.1 Å². The van der Waals surface area contributed by atoms with Crippen molar-refractivity contribution in [3.05, 3.63) is 38.9 Å². The summed E-state index contributed by atoms with van der Waals surface area (Å²) in [6.07, 6.45) is -0.196. The van der Waals surface area contributed by atoms with Crippen LogP contribution >= 0.6 is 11.6 Å². The number of nitrogens with zero attached hydrogens (tertiary/aromatic N) is 1. The second-order valence-electron chi connectivity index (χ2n) is 3.65. The number of carboxylic acid groups (broad SMARTS) is 1. The van der Waals surface area contributed by atoms with Crippen molar-refractivity contribution in [1.29, 1.82) is 0 Å². The van der Waals surface area contributed by atoms with Crippen LogP contribution in [-0.4, -0.2) is 29.1 Å². The molecule has 0 spiro atoms. The van der Waals surface area contributed by atoms with Gasteiger partial charge < -0.3 is 9.84 Å². The van der Waals surface area contributed by atoms with E-state index < -0.39 is 22.8 Å². The van der Waals surface area contributed by atoms with E-state index in [9.17, 15) is 19.7 Å². The zero-order chi connectivity index (χ0) is 14.6. The summed E-state index contributed by atoms with van der Waals surface area (Å²) in [5.74, 6) is -3.65. The Morgan fingerprint density at radius 1 is 1.53 bits per heavy atom. The molecule has 102 valence electrons. The molecule has 1 atom stereocenters. The first-order valence-electron chi connectivity index (χ1n) is 5.10. The molecule has 0 amide bonds. The fraction of sp³-hybridized carbons (Fsp3) is 0.273. The number of nitro groups is 1. The van der Waals surface area contributed by atoms with Crippen LogP contribution in [0.1, 0.15) is 5.56 Å². The van der Waals surface area contributed by atoms with E-state index in [1.807, 2.05) is 0 Å². The first-order chi connectivity index (χ1) is 8.86. The number of carbonyl (C=O) groups excluding carboxylic acids is 1. The number of halogens is 1. The SMILES string of the molecule is COC(=O)C(Cc1ccc([N+](=O)[O-])cc1Cl)C(=O)O. The predicted octanol–water partition coefficient (Wildman–Crippen LogP) is 1.66. The molecule has 1 N–H and O–H groups in total. The third kappa shape index (κ3) is 3.65. The lowest BCUT2D eigenvalue weighted by atomic mass is 9.99. The predicted molar refractivity (Wildman–Crippen MR) is 65.0 cm³/mol. The van der Waals surface area contributed by atoms with Crippen molar-refractivity contribution in [2.45, 2.75) is 6.42 Å². The number of carbonyl (C=O) groups is 2. The number of hydrogen-bond acceptors (Lipinski definition) is 5. The quantitative estimate of drug-likeness (QED) is 0.382. The van der Waals surface area contributed by atoms with Gasteiger partial charge in [-0.15, -0.1) is 0 Å². The molecule has 0 heterocycles. The monoisotopic (exact) mass is 287 g/mol. The zero-order valence-corrected chi connectivity index (χ0v) is 10.6. The fourth-order valence-electron chi connectivity index (χ4n) is 1.45.